The molecule has 2 amide bonds. The van der Waals surface area contributed by atoms with Gasteiger partial charge in [-0.2, -0.15) is 0 Å². The molecule has 6 nitrogen and oxygen atoms in total. The molecule has 0 heterocycles. The summed E-state index contributed by atoms with van der Waals surface area (Å²) < 4.78 is 0. The lowest BCUT2D eigenvalue weighted by molar-refractivity contribution is 0.0921. The quantitative estimate of drug-likeness (QED) is 0.568. The van der Waals surface area contributed by atoms with Gasteiger partial charge in [-0.1, -0.05) is 33.3 Å². The number of carbonyl (C=O) groups excluding carboxylic acids is 2. The summed E-state index contributed by atoms with van der Waals surface area (Å²) in [4.78, 5) is 21.3. The predicted molar refractivity (Wildman–Crippen MR) is 126 cm³/mol. The molecule has 1 aromatic carbocycles. The molecule has 31 heavy (non-hydrogen) atoms. The second kappa shape index (κ2) is 11.6. The first-order valence-corrected chi connectivity index (χ1v) is 11.8. The fraction of sp³-hybridized carbons (Fsp3) is 0.680. The van der Waals surface area contributed by atoms with Crippen LogP contribution >= 0.6 is 0 Å². The molecule has 2 fully saturated rings. The Morgan fingerprint density at radius 1 is 0.871 bits per heavy atom. The van der Waals surface area contributed by atoms with E-state index in [0.717, 1.165) is 29.6 Å². The summed E-state index contributed by atoms with van der Waals surface area (Å²) in [5, 5.41) is 0. The van der Waals surface area contributed by atoms with Crippen molar-refractivity contribution >= 4 is 11.8 Å². The van der Waals surface area contributed by atoms with Crippen molar-refractivity contribution in [1.29, 1.82) is 0 Å². The second-order valence-corrected chi connectivity index (χ2v) is 9.81. The van der Waals surface area contributed by atoms with Gasteiger partial charge in [-0.15, -0.1) is 0 Å². The third-order valence-corrected chi connectivity index (χ3v) is 7.67. The van der Waals surface area contributed by atoms with Crippen molar-refractivity contribution in [1.82, 2.24) is 0 Å². The zero-order valence-electron chi connectivity index (χ0n) is 19.4. The molecule has 0 radical (unpaired) electrons. The molecule has 0 bridgehead atoms. The lowest BCUT2D eigenvalue weighted by atomic mass is 9.64. The Morgan fingerprint density at radius 3 is 1.61 bits per heavy atom. The zero-order valence-corrected chi connectivity index (χ0v) is 19.4. The Bertz CT molecular complexity index is 683. The molecule has 0 aliphatic heterocycles. The van der Waals surface area contributed by atoms with E-state index in [9.17, 15) is 9.59 Å². The number of rotatable bonds is 5. The van der Waals surface area contributed by atoms with Crippen LogP contribution in [-0.4, -0.2) is 23.9 Å². The highest BCUT2D eigenvalue weighted by Gasteiger charge is 2.36. The number of hydrogen-bond donors (Lipinski definition) is 4. The van der Waals surface area contributed by atoms with Gasteiger partial charge in [0, 0.05) is 23.2 Å². The van der Waals surface area contributed by atoms with Crippen molar-refractivity contribution in [3.63, 3.8) is 0 Å². The molecule has 6 heteroatoms. The fourth-order valence-electron chi connectivity index (χ4n) is 5.58. The summed E-state index contributed by atoms with van der Waals surface area (Å²) in [7, 11) is 0. The average molecular weight is 431 g/mol. The van der Waals surface area contributed by atoms with Crippen LogP contribution in [0, 0.1) is 29.6 Å². The van der Waals surface area contributed by atoms with Gasteiger partial charge in [-0.05, 0) is 86.3 Å². The van der Waals surface area contributed by atoms with E-state index < -0.39 is 11.8 Å². The maximum Gasteiger partial charge on any atom is 0.248 e. The van der Waals surface area contributed by atoms with E-state index in [-0.39, 0.29) is 11.1 Å². The smallest absolute Gasteiger partial charge is 0.248 e. The number of hydrogen-bond acceptors (Lipinski definition) is 4. The normalized spacial score (nSPS) is 31.8. The van der Waals surface area contributed by atoms with E-state index in [2.05, 4.69) is 20.8 Å². The monoisotopic (exact) mass is 430 g/mol. The van der Waals surface area contributed by atoms with E-state index in [1.54, 1.807) is 6.07 Å². The van der Waals surface area contributed by atoms with Crippen molar-refractivity contribution in [3.05, 3.63) is 35.4 Å². The van der Waals surface area contributed by atoms with Crippen LogP contribution < -0.4 is 22.9 Å². The van der Waals surface area contributed by atoms with Crippen LogP contribution in [0.25, 0.3) is 0 Å². The molecule has 0 spiro atoms. The molecule has 2 aliphatic rings. The van der Waals surface area contributed by atoms with Crippen molar-refractivity contribution in [2.24, 2.45) is 52.5 Å². The first-order valence-electron chi connectivity index (χ1n) is 11.8. The second-order valence-electron chi connectivity index (χ2n) is 9.81. The van der Waals surface area contributed by atoms with Crippen LogP contribution in [0.4, 0.5) is 0 Å². The first kappa shape index (κ1) is 25.3. The lowest BCUT2D eigenvalue weighted by Gasteiger charge is -2.43. The summed E-state index contributed by atoms with van der Waals surface area (Å²) in [6.45, 7) is 7.09. The molecule has 0 aromatic heterocycles. The van der Waals surface area contributed by atoms with Crippen LogP contribution in [0.3, 0.4) is 0 Å². The van der Waals surface area contributed by atoms with E-state index >= 15 is 0 Å². The molecule has 0 saturated heterocycles. The molecule has 2 saturated carbocycles. The van der Waals surface area contributed by atoms with Crippen molar-refractivity contribution in [2.75, 3.05) is 0 Å². The molecule has 174 valence electrons. The van der Waals surface area contributed by atoms with Crippen molar-refractivity contribution in [3.8, 4) is 0 Å². The maximum atomic E-state index is 10.6. The number of nitrogens with two attached hydrogens (primary N) is 4. The predicted octanol–water partition coefficient (Wildman–Crippen LogP) is 3.42. The third-order valence-electron chi connectivity index (χ3n) is 7.67. The number of amides is 2. The van der Waals surface area contributed by atoms with Gasteiger partial charge in [0.05, 0.1) is 0 Å². The zero-order chi connectivity index (χ0) is 23.1. The maximum absolute atomic E-state index is 10.6. The molecular weight excluding hydrogens is 388 g/mol. The number of benzene rings is 1. The average Bonchev–Trinajstić information content (AvgIpc) is 2.74. The van der Waals surface area contributed by atoms with Crippen LogP contribution in [0.5, 0.6) is 0 Å². The lowest BCUT2D eigenvalue weighted by Crippen LogP contribution is -2.41. The van der Waals surface area contributed by atoms with Crippen LogP contribution in [0.15, 0.2) is 24.3 Å². The van der Waals surface area contributed by atoms with E-state index in [4.69, 9.17) is 22.9 Å². The highest BCUT2D eigenvalue weighted by atomic mass is 16.1. The summed E-state index contributed by atoms with van der Waals surface area (Å²) in [6.07, 6.45) is 9.27. The Morgan fingerprint density at radius 2 is 1.29 bits per heavy atom. The van der Waals surface area contributed by atoms with Gasteiger partial charge in [-0.25, -0.2) is 0 Å². The van der Waals surface area contributed by atoms with Crippen molar-refractivity contribution in [2.45, 2.75) is 77.8 Å². The Labute approximate surface area is 187 Å². The molecule has 3 rings (SSSR count). The molecule has 6 unspecified atom stereocenters. The number of carbonyl (C=O) groups is 2. The van der Waals surface area contributed by atoms with Gasteiger partial charge in [0.25, 0.3) is 0 Å². The summed E-state index contributed by atoms with van der Waals surface area (Å²) in [6, 6.07) is 6.87. The molecule has 1 aromatic rings. The highest BCUT2D eigenvalue weighted by Crippen LogP contribution is 2.43. The van der Waals surface area contributed by atoms with E-state index in [1.807, 2.05) is 0 Å². The fourth-order valence-corrected chi connectivity index (χ4v) is 5.58. The minimum atomic E-state index is -0.571. The van der Waals surface area contributed by atoms with Gasteiger partial charge >= 0.3 is 0 Å². The molecule has 2 aliphatic carbocycles. The molecular formula is C25H42N4O2. The number of primary amides is 2. The summed E-state index contributed by atoms with van der Waals surface area (Å²) in [5.74, 6) is 3.06. The van der Waals surface area contributed by atoms with Gasteiger partial charge in [0.1, 0.15) is 0 Å². The Balaban J connectivity index is 0.000000245. The van der Waals surface area contributed by atoms with Crippen LogP contribution in [0.1, 0.15) is 86.4 Å². The van der Waals surface area contributed by atoms with E-state index in [0.29, 0.717) is 12.1 Å². The van der Waals surface area contributed by atoms with Gasteiger partial charge in [-0.3, -0.25) is 9.59 Å². The van der Waals surface area contributed by atoms with Gasteiger partial charge < -0.3 is 22.9 Å². The molecule has 8 N–H and O–H groups in total. The van der Waals surface area contributed by atoms with Crippen LogP contribution in [-0.2, 0) is 0 Å². The topological polar surface area (TPSA) is 138 Å². The largest absolute Gasteiger partial charge is 0.366 e. The standard InChI is InChI=1S/C17H34N2.C8H8N2O2/c1-4-15(13-5-7-16(18)11(2)9-13)14-6-8-17(19)12(3)10-14;9-7(11)5-2-1-3-6(4-5)8(10)12/h11-17H,4-10,18-19H2,1-3H3;1-4H,(H2,9,11)(H2,10,12). The first-order chi connectivity index (χ1) is 14.6. The third kappa shape index (κ3) is 7.04. The Hall–Kier alpha value is -1.92. The minimum absolute atomic E-state index is 0.284. The molecule has 6 atom stereocenters. The van der Waals surface area contributed by atoms with Gasteiger partial charge in [0.15, 0.2) is 0 Å². The van der Waals surface area contributed by atoms with Crippen LogP contribution in [0.2, 0.25) is 0 Å². The Kier molecular flexibility index (Phi) is 9.51. The summed E-state index contributed by atoms with van der Waals surface area (Å²) >= 11 is 0. The van der Waals surface area contributed by atoms with Crippen molar-refractivity contribution < 1.29 is 9.59 Å². The minimum Gasteiger partial charge on any atom is -0.366 e. The highest BCUT2D eigenvalue weighted by molar-refractivity contribution is 5.98. The van der Waals surface area contributed by atoms with E-state index in [1.165, 1.54) is 63.1 Å². The SMILES string of the molecule is CCC(C1CCC(N)C(C)C1)C1CCC(N)C(C)C1.NC(=O)c1cccc(C(N)=O)c1. The van der Waals surface area contributed by atoms with Gasteiger partial charge in [0.2, 0.25) is 11.8 Å². The summed E-state index contributed by atoms with van der Waals surface area (Å²) in [5.41, 5.74) is 22.9.